The first-order valence-electron chi connectivity index (χ1n) is 4.23. The zero-order valence-electron chi connectivity index (χ0n) is 7.99. The summed E-state index contributed by atoms with van der Waals surface area (Å²) < 4.78 is 5.06. The minimum Gasteiger partial charge on any atom is -0.480 e. The Morgan fingerprint density at radius 3 is 2.62 bits per heavy atom. The molecule has 0 spiro atoms. The molecule has 0 amide bonds. The summed E-state index contributed by atoms with van der Waals surface area (Å²) in [6.07, 6.45) is 0.119. The Morgan fingerprint density at radius 2 is 2.23 bits per heavy atom. The van der Waals surface area contributed by atoms with Crippen molar-refractivity contribution >= 4 is 5.97 Å². The van der Waals surface area contributed by atoms with E-state index in [9.17, 15) is 4.79 Å². The standard InChI is InChI=1S/C8H17NO4/c1-6(10)3-4-13-5-7(9-2)8(11)12/h6-7,9-10H,3-5H2,1-2H3,(H,11,12)/t6-,7-/m0/s1. The third kappa shape index (κ3) is 6.51. The van der Waals surface area contributed by atoms with Gasteiger partial charge in [0.15, 0.2) is 0 Å². The third-order valence-corrected chi connectivity index (χ3v) is 1.61. The van der Waals surface area contributed by atoms with Gasteiger partial charge in [-0.25, -0.2) is 0 Å². The first-order chi connectivity index (χ1) is 6.07. The van der Waals surface area contributed by atoms with E-state index in [1.54, 1.807) is 14.0 Å². The molecule has 0 aliphatic carbocycles. The van der Waals surface area contributed by atoms with Crippen molar-refractivity contribution in [3.05, 3.63) is 0 Å². The number of likely N-dealkylation sites (N-methyl/N-ethyl adjacent to an activating group) is 1. The van der Waals surface area contributed by atoms with Gasteiger partial charge in [0.2, 0.25) is 0 Å². The normalized spacial score (nSPS) is 15.3. The Kier molecular flexibility index (Phi) is 6.48. The van der Waals surface area contributed by atoms with Crippen molar-refractivity contribution in [2.24, 2.45) is 0 Å². The Balaban J connectivity index is 3.44. The second-order valence-electron chi connectivity index (χ2n) is 2.89. The average molecular weight is 191 g/mol. The first-order valence-corrected chi connectivity index (χ1v) is 4.23. The van der Waals surface area contributed by atoms with E-state index in [0.717, 1.165) is 0 Å². The molecule has 0 saturated carbocycles. The van der Waals surface area contributed by atoms with Crippen LogP contribution in [-0.4, -0.2) is 48.6 Å². The molecule has 0 aliphatic rings. The van der Waals surface area contributed by atoms with E-state index in [1.807, 2.05) is 0 Å². The summed E-state index contributed by atoms with van der Waals surface area (Å²) in [5, 5.41) is 20.1. The van der Waals surface area contributed by atoms with Gasteiger partial charge in [0.1, 0.15) is 6.04 Å². The minimum atomic E-state index is -0.931. The van der Waals surface area contributed by atoms with Crippen molar-refractivity contribution in [1.82, 2.24) is 5.32 Å². The zero-order valence-corrected chi connectivity index (χ0v) is 7.99. The lowest BCUT2D eigenvalue weighted by Crippen LogP contribution is -2.38. The number of hydrogen-bond donors (Lipinski definition) is 3. The lowest BCUT2D eigenvalue weighted by Gasteiger charge is -2.11. The van der Waals surface area contributed by atoms with Crippen LogP contribution in [0.4, 0.5) is 0 Å². The van der Waals surface area contributed by atoms with Gasteiger partial charge in [-0.2, -0.15) is 0 Å². The summed E-state index contributed by atoms with van der Waals surface area (Å²) in [6, 6.07) is -0.672. The van der Waals surface area contributed by atoms with Gasteiger partial charge in [-0.3, -0.25) is 4.79 Å². The molecule has 3 N–H and O–H groups in total. The largest absolute Gasteiger partial charge is 0.480 e. The lowest BCUT2D eigenvalue weighted by atomic mass is 10.3. The van der Waals surface area contributed by atoms with Gasteiger partial charge in [-0.05, 0) is 20.4 Å². The number of carboxylic acid groups (broad SMARTS) is 1. The van der Waals surface area contributed by atoms with Crippen molar-refractivity contribution in [3.8, 4) is 0 Å². The molecule has 0 fully saturated rings. The second-order valence-corrected chi connectivity index (χ2v) is 2.89. The van der Waals surface area contributed by atoms with Crippen molar-refractivity contribution in [2.75, 3.05) is 20.3 Å². The monoisotopic (exact) mass is 191 g/mol. The molecule has 0 radical (unpaired) electrons. The summed E-state index contributed by atoms with van der Waals surface area (Å²) in [4.78, 5) is 10.5. The highest BCUT2D eigenvalue weighted by Crippen LogP contribution is 1.92. The summed E-state index contributed by atoms with van der Waals surface area (Å²) in [5.41, 5.74) is 0. The number of nitrogens with one attached hydrogen (secondary N) is 1. The van der Waals surface area contributed by atoms with Gasteiger partial charge in [0.05, 0.1) is 12.7 Å². The number of rotatable bonds is 7. The average Bonchev–Trinajstić information content (AvgIpc) is 2.03. The molecule has 0 bridgehead atoms. The van der Waals surface area contributed by atoms with Crippen molar-refractivity contribution in [3.63, 3.8) is 0 Å². The summed E-state index contributed by atoms with van der Waals surface area (Å²) >= 11 is 0. The molecule has 2 atom stereocenters. The highest BCUT2D eigenvalue weighted by atomic mass is 16.5. The van der Waals surface area contributed by atoms with Gasteiger partial charge < -0.3 is 20.3 Å². The topological polar surface area (TPSA) is 78.8 Å². The fourth-order valence-electron chi connectivity index (χ4n) is 0.733. The van der Waals surface area contributed by atoms with Gasteiger partial charge in [0, 0.05) is 6.61 Å². The number of hydrogen-bond acceptors (Lipinski definition) is 4. The van der Waals surface area contributed by atoms with E-state index in [2.05, 4.69) is 5.32 Å². The molecule has 0 rings (SSSR count). The molecular weight excluding hydrogens is 174 g/mol. The smallest absolute Gasteiger partial charge is 0.323 e. The molecule has 5 nitrogen and oxygen atoms in total. The number of aliphatic hydroxyl groups is 1. The van der Waals surface area contributed by atoms with Gasteiger partial charge in [-0.1, -0.05) is 0 Å². The Hall–Kier alpha value is -0.650. The van der Waals surface area contributed by atoms with Crippen LogP contribution in [0.3, 0.4) is 0 Å². The fraction of sp³-hybridized carbons (Fsp3) is 0.875. The van der Waals surface area contributed by atoms with Crippen LogP contribution >= 0.6 is 0 Å². The van der Waals surface area contributed by atoms with Gasteiger partial charge in [0.25, 0.3) is 0 Å². The Labute approximate surface area is 77.7 Å². The Morgan fingerprint density at radius 1 is 1.62 bits per heavy atom. The van der Waals surface area contributed by atoms with E-state index in [4.69, 9.17) is 14.9 Å². The second kappa shape index (κ2) is 6.82. The van der Waals surface area contributed by atoms with Crippen molar-refractivity contribution < 1.29 is 19.7 Å². The highest BCUT2D eigenvalue weighted by Gasteiger charge is 2.14. The van der Waals surface area contributed by atoms with E-state index < -0.39 is 18.1 Å². The summed E-state index contributed by atoms with van der Waals surface area (Å²) in [5.74, 6) is -0.931. The van der Waals surface area contributed by atoms with E-state index in [1.165, 1.54) is 0 Å². The summed E-state index contributed by atoms with van der Waals surface area (Å²) in [6.45, 7) is 2.16. The number of carboxylic acids is 1. The molecule has 0 aromatic rings. The minimum absolute atomic E-state index is 0.124. The van der Waals surface area contributed by atoms with Crippen LogP contribution in [0.5, 0.6) is 0 Å². The van der Waals surface area contributed by atoms with Crippen molar-refractivity contribution in [1.29, 1.82) is 0 Å². The first kappa shape index (κ1) is 12.3. The van der Waals surface area contributed by atoms with Crippen LogP contribution in [-0.2, 0) is 9.53 Å². The molecule has 0 saturated heterocycles. The van der Waals surface area contributed by atoms with Crippen LogP contribution in [0.25, 0.3) is 0 Å². The van der Waals surface area contributed by atoms with Crippen LogP contribution in [0.1, 0.15) is 13.3 Å². The SMILES string of the molecule is CN[C@@H](COCC[C@H](C)O)C(=O)O. The lowest BCUT2D eigenvalue weighted by molar-refractivity contribution is -0.141. The molecule has 0 heterocycles. The van der Waals surface area contributed by atoms with Crippen LogP contribution < -0.4 is 5.32 Å². The molecule has 0 aliphatic heterocycles. The molecule has 0 aromatic heterocycles. The molecule has 0 aromatic carbocycles. The van der Waals surface area contributed by atoms with Gasteiger partial charge >= 0.3 is 5.97 Å². The Bertz CT molecular complexity index is 149. The highest BCUT2D eigenvalue weighted by molar-refractivity contribution is 5.73. The van der Waals surface area contributed by atoms with Crippen LogP contribution in [0.2, 0.25) is 0 Å². The molecule has 78 valence electrons. The van der Waals surface area contributed by atoms with Gasteiger partial charge in [-0.15, -0.1) is 0 Å². The zero-order chi connectivity index (χ0) is 10.3. The maximum atomic E-state index is 10.5. The number of ether oxygens (including phenoxy) is 1. The predicted octanol–water partition coefficient (Wildman–Crippen LogP) is -0.553. The van der Waals surface area contributed by atoms with Crippen molar-refractivity contribution in [2.45, 2.75) is 25.5 Å². The van der Waals surface area contributed by atoms with Crippen LogP contribution in [0, 0.1) is 0 Å². The molecular formula is C8H17NO4. The maximum absolute atomic E-state index is 10.5. The van der Waals surface area contributed by atoms with Crippen LogP contribution in [0.15, 0.2) is 0 Å². The fourth-order valence-corrected chi connectivity index (χ4v) is 0.733. The van der Waals surface area contributed by atoms with E-state index in [0.29, 0.717) is 13.0 Å². The predicted molar refractivity (Wildman–Crippen MR) is 47.6 cm³/mol. The molecule has 0 unspecified atom stereocenters. The quantitative estimate of drug-likeness (QED) is 0.470. The number of aliphatic carboxylic acids is 1. The molecule has 13 heavy (non-hydrogen) atoms. The molecule has 5 heteroatoms. The number of carbonyl (C=O) groups is 1. The van der Waals surface area contributed by atoms with E-state index in [-0.39, 0.29) is 6.61 Å². The third-order valence-electron chi connectivity index (χ3n) is 1.61. The summed E-state index contributed by atoms with van der Waals surface area (Å²) in [7, 11) is 1.57. The maximum Gasteiger partial charge on any atom is 0.323 e. The number of aliphatic hydroxyl groups excluding tert-OH is 1. The van der Waals surface area contributed by atoms with E-state index >= 15 is 0 Å².